The van der Waals surface area contributed by atoms with Gasteiger partial charge in [-0.25, -0.2) is 0 Å². The lowest BCUT2D eigenvalue weighted by atomic mass is 9.93. The first-order valence-corrected chi connectivity index (χ1v) is 9.68. The molecule has 0 atom stereocenters. The summed E-state index contributed by atoms with van der Waals surface area (Å²) in [4.78, 5) is 13.4. The SMILES string of the molecule is CC(=O)NC(=N)C(/C=C(/C)N)=C(/N)N1CCC(NC2CCCCC2)CC1. The maximum Gasteiger partial charge on any atom is 0.222 e. The van der Waals surface area contributed by atoms with Crippen LogP contribution >= 0.6 is 0 Å². The molecule has 0 unspecified atom stereocenters. The molecule has 7 N–H and O–H groups in total. The van der Waals surface area contributed by atoms with Gasteiger partial charge in [0.2, 0.25) is 5.91 Å². The number of carbonyl (C=O) groups excluding carboxylic acids is 1. The van der Waals surface area contributed by atoms with Crippen LogP contribution in [0.1, 0.15) is 58.8 Å². The van der Waals surface area contributed by atoms with Crippen molar-refractivity contribution in [2.45, 2.75) is 70.9 Å². The average Bonchev–Trinajstić information content (AvgIpc) is 2.60. The van der Waals surface area contributed by atoms with E-state index in [4.69, 9.17) is 16.9 Å². The van der Waals surface area contributed by atoms with Gasteiger partial charge in [-0.15, -0.1) is 0 Å². The summed E-state index contributed by atoms with van der Waals surface area (Å²) in [6.45, 7) is 4.80. The first-order valence-electron chi connectivity index (χ1n) is 9.68. The van der Waals surface area contributed by atoms with Gasteiger partial charge in [-0.1, -0.05) is 19.3 Å². The van der Waals surface area contributed by atoms with Gasteiger partial charge in [0.15, 0.2) is 0 Å². The molecule has 0 aromatic rings. The molecule has 0 bridgehead atoms. The molecule has 26 heavy (non-hydrogen) atoms. The van der Waals surface area contributed by atoms with Crippen molar-refractivity contribution >= 4 is 11.7 Å². The van der Waals surface area contributed by atoms with E-state index < -0.39 is 0 Å². The minimum atomic E-state index is -0.293. The third-order valence-electron chi connectivity index (χ3n) is 5.13. The van der Waals surface area contributed by atoms with Crippen molar-refractivity contribution in [2.75, 3.05) is 13.1 Å². The Labute approximate surface area is 156 Å². The molecule has 1 amide bonds. The van der Waals surface area contributed by atoms with Gasteiger partial charge in [0, 0.05) is 37.8 Å². The number of nitrogens with one attached hydrogen (secondary N) is 3. The molecule has 7 heteroatoms. The largest absolute Gasteiger partial charge is 0.402 e. The van der Waals surface area contributed by atoms with Crippen molar-refractivity contribution in [3.8, 4) is 0 Å². The molecule has 1 saturated heterocycles. The van der Waals surface area contributed by atoms with Crippen molar-refractivity contribution in [3.63, 3.8) is 0 Å². The van der Waals surface area contributed by atoms with Gasteiger partial charge in [-0.3, -0.25) is 10.2 Å². The number of likely N-dealkylation sites (tertiary alicyclic amines) is 1. The van der Waals surface area contributed by atoms with Crippen molar-refractivity contribution in [1.29, 1.82) is 5.41 Å². The van der Waals surface area contributed by atoms with Crippen LogP contribution in [0.5, 0.6) is 0 Å². The van der Waals surface area contributed by atoms with E-state index in [1.165, 1.54) is 39.0 Å². The van der Waals surface area contributed by atoms with E-state index in [2.05, 4.69) is 15.5 Å². The Morgan fingerprint density at radius 1 is 1.04 bits per heavy atom. The second kappa shape index (κ2) is 9.62. The van der Waals surface area contributed by atoms with E-state index in [0.717, 1.165) is 25.9 Å². The molecule has 1 heterocycles. The smallest absolute Gasteiger partial charge is 0.222 e. The van der Waals surface area contributed by atoms with E-state index >= 15 is 0 Å². The Morgan fingerprint density at radius 2 is 1.62 bits per heavy atom. The molecule has 0 spiro atoms. The Kier molecular flexibility index (Phi) is 7.50. The molecule has 2 aliphatic rings. The molecule has 1 aliphatic carbocycles. The summed E-state index contributed by atoms with van der Waals surface area (Å²) in [5.74, 6) is 0.200. The minimum absolute atomic E-state index is 0.0118. The maximum absolute atomic E-state index is 11.3. The Bertz CT molecular complexity index is 565. The van der Waals surface area contributed by atoms with Crippen LogP contribution < -0.4 is 22.1 Å². The molecule has 1 saturated carbocycles. The van der Waals surface area contributed by atoms with E-state index in [0.29, 0.717) is 29.2 Å². The molecule has 0 aromatic heterocycles. The fraction of sp³-hybridized carbons (Fsp3) is 0.684. The van der Waals surface area contributed by atoms with Gasteiger partial charge < -0.3 is 27.0 Å². The van der Waals surface area contributed by atoms with Gasteiger partial charge in [-0.05, 0) is 38.7 Å². The zero-order valence-corrected chi connectivity index (χ0v) is 16.1. The number of hydrogen-bond acceptors (Lipinski definition) is 6. The maximum atomic E-state index is 11.3. The third kappa shape index (κ3) is 6.05. The zero-order chi connectivity index (χ0) is 19.1. The van der Waals surface area contributed by atoms with Crippen LogP contribution in [0.25, 0.3) is 0 Å². The molecule has 0 radical (unpaired) electrons. The predicted molar refractivity (Wildman–Crippen MR) is 105 cm³/mol. The van der Waals surface area contributed by atoms with E-state index in [1.54, 1.807) is 13.0 Å². The van der Waals surface area contributed by atoms with Crippen LogP contribution in [0.15, 0.2) is 23.2 Å². The van der Waals surface area contributed by atoms with Crippen LogP contribution in [0, 0.1) is 5.41 Å². The predicted octanol–water partition coefficient (Wildman–Crippen LogP) is 1.52. The first-order chi connectivity index (χ1) is 12.4. The Balaban J connectivity index is 1.99. The monoisotopic (exact) mass is 362 g/mol. The number of nitrogens with zero attached hydrogens (tertiary/aromatic N) is 1. The fourth-order valence-electron chi connectivity index (χ4n) is 3.81. The number of allylic oxidation sites excluding steroid dienone is 1. The number of carbonyl (C=O) groups is 1. The number of rotatable bonds is 5. The summed E-state index contributed by atoms with van der Waals surface area (Å²) in [5, 5.41) is 14.4. The molecular formula is C19H34N6O. The lowest BCUT2D eigenvalue weighted by molar-refractivity contribution is -0.117. The molecule has 7 nitrogen and oxygen atoms in total. The summed E-state index contributed by atoms with van der Waals surface area (Å²) in [5.41, 5.74) is 13.1. The normalized spacial score (nSPS) is 21.3. The number of amides is 1. The number of piperidine rings is 1. The van der Waals surface area contributed by atoms with Crippen LogP contribution in [0.3, 0.4) is 0 Å². The van der Waals surface area contributed by atoms with Crippen molar-refractivity contribution in [2.24, 2.45) is 11.5 Å². The van der Waals surface area contributed by atoms with E-state index in [1.807, 2.05) is 0 Å². The summed E-state index contributed by atoms with van der Waals surface area (Å²) >= 11 is 0. The van der Waals surface area contributed by atoms with Crippen molar-refractivity contribution in [3.05, 3.63) is 23.2 Å². The van der Waals surface area contributed by atoms with Crippen LogP contribution in [0.4, 0.5) is 0 Å². The molecular weight excluding hydrogens is 328 g/mol. The highest BCUT2D eigenvalue weighted by atomic mass is 16.1. The van der Waals surface area contributed by atoms with Gasteiger partial charge in [0.05, 0.1) is 5.57 Å². The molecule has 1 aliphatic heterocycles. The van der Waals surface area contributed by atoms with Gasteiger partial charge >= 0.3 is 0 Å². The second-order valence-electron chi connectivity index (χ2n) is 7.51. The van der Waals surface area contributed by atoms with Gasteiger partial charge in [-0.2, -0.15) is 0 Å². The zero-order valence-electron chi connectivity index (χ0n) is 16.1. The fourth-order valence-corrected chi connectivity index (χ4v) is 3.81. The highest BCUT2D eigenvalue weighted by molar-refractivity contribution is 6.07. The summed E-state index contributed by atoms with van der Waals surface area (Å²) < 4.78 is 0. The third-order valence-corrected chi connectivity index (χ3v) is 5.13. The Morgan fingerprint density at radius 3 is 2.15 bits per heavy atom. The molecule has 2 fully saturated rings. The summed E-state index contributed by atoms with van der Waals surface area (Å²) in [7, 11) is 0. The number of nitrogens with two attached hydrogens (primary N) is 2. The van der Waals surface area contributed by atoms with Gasteiger partial charge in [0.1, 0.15) is 11.7 Å². The quantitative estimate of drug-likeness (QED) is 0.288. The number of amidine groups is 1. The van der Waals surface area contributed by atoms with Crippen molar-refractivity contribution < 1.29 is 4.79 Å². The highest BCUT2D eigenvalue weighted by Crippen LogP contribution is 2.21. The molecule has 146 valence electrons. The highest BCUT2D eigenvalue weighted by Gasteiger charge is 2.24. The standard InChI is InChI=1S/C19H34N6O/c1-13(20)12-17(18(21)23-14(2)26)19(22)25-10-8-16(9-11-25)24-15-6-4-3-5-7-15/h12,15-16,24H,3-11,20,22H2,1-2H3,(H2,21,23,26)/b13-12-,19-17-. The minimum Gasteiger partial charge on any atom is -0.402 e. The number of hydrogen-bond donors (Lipinski definition) is 5. The molecule has 0 aromatic carbocycles. The Hall–Kier alpha value is -2.02. The second-order valence-corrected chi connectivity index (χ2v) is 7.51. The van der Waals surface area contributed by atoms with Crippen LogP contribution in [0.2, 0.25) is 0 Å². The van der Waals surface area contributed by atoms with E-state index in [-0.39, 0.29) is 11.7 Å². The molecule has 2 rings (SSSR count). The first kappa shape index (κ1) is 20.3. The van der Waals surface area contributed by atoms with E-state index in [9.17, 15) is 4.79 Å². The van der Waals surface area contributed by atoms with Gasteiger partial charge in [0.25, 0.3) is 0 Å². The lowest BCUT2D eigenvalue weighted by Gasteiger charge is -2.37. The lowest BCUT2D eigenvalue weighted by Crippen LogP contribution is -2.47. The van der Waals surface area contributed by atoms with Crippen LogP contribution in [-0.2, 0) is 4.79 Å². The van der Waals surface area contributed by atoms with Crippen molar-refractivity contribution in [1.82, 2.24) is 15.5 Å². The topological polar surface area (TPSA) is 120 Å². The van der Waals surface area contributed by atoms with Crippen LogP contribution in [-0.4, -0.2) is 41.8 Å². The summed E-state index contributed by atoms with van der Waals surface area (Å²) in [6, 6.07) is 1.20. The summed E-state index contributed by atoms with van der Waals surface area (Å²) in [6.07, 6.45) is 10.3. The average molecular weight is 363 g/mol.